The molecule has 0 spiro atoms. The average molecular weight is 458 g/mol. The fourth-order valence-corrected chi connectivity index (χ4v) is 6.23. The molecule has 0 saturated carbocycles. The predicted molar refractivity (Wildman–Crippen MR) is 140 cm³/mol. The smallest absolute Gasteiger partial charge is 0.270 e. The molecule has 2 fully saturated rings. The van der Waals surface area contributed by atoms with Gasteiger partial charge in [0.1, 0.15) is 5.69 Å². The van der Waals surface area contributed by atoms with E-state index in [9.17, 15) is 4.79 Å². The van der Waals surface area contributed by atoms with Crippen molar-refractivity contribution in [1.82, 2.24) is 14.8 Å². The molecule has 180 valence electrons. The van der Waals surface area contributed by atoms with E-state index in [0.29, 0.717) is 5.92 Å². The van der Waals surface area contributed by atoms with E-state index in [1.54, 1.807) is 5.56 Å². The maximum absolute atomic E-state index is 13.7. The Kier molecular flexibility index (Phi) is 7.05. The molecule has 2 aliphatic heterocycles. The summed E-state index contributed by atoms with van der Waals surface area (Å²) in [5.41, 5.74) is 7.50. The van der Waals surface area contributed by atoms with Gasteiger partial charge in [-0.05, 0) is 81.3 Å². The van der Waals surface area contributed by atoms with E-state index in [0.717, 1.165) is 56.8 Å². The summed E-state index contributed by atoms with van der Waals surface area (Å²) in [5.74, 6) is 0.834. The highest BCUT2D eigenvalue weighted by Crippen LogP contribution is 2.34. The van der Waals surface area contributed by atoms with Crippen molar-refractivity contribution in [3.63, 3.8) is 0 Å². The number of fused-ring (bicyclic) bond motifs is 1. The second-order valence-electron chi connectivity index (χ2n) is 10.4. The van der Waals surface area contributed by atoms with Gasteiger partial charge in [0.2, 0.25) is 0 Å². The number of nitrogens with zero attached hydrogens (tertiary/aromatic N) is 2. The molecule has 1 N–H and O–H groups in total. The molecule has 5 rings (SSSR count). The molecule has 1 aromatic heterocycles. The van der Waals surface area contributed by atoms with E-state index in [4.69, 9.17) is 0 Å². The van der Waals surface area contributed by atoms with E-state index >= 15 is 0 Å². The van der Waals surface area contributed by atoms with Crippen LogP contribution < -0.4 is 0 Å². The van der Waals surface area contributed by atoms with Gasteiger partial charge >= 0.3 is 0 Å². The Morgan fingerprint density at radius 3 is 2.21 bits per heavy atom. The van der Waals surface area contributed by atoms with Crippen LogP contribution in [0.15, 0.2) is 42.5 Å². The third-order valence-corrected chi connectivity index (χ3v) is 8.09. The van der Waals surface area contributed by atoms with Crippen LogP contribution in [0.5, 0.6) is 0 Å². The standard InChI is InChI=1S/C30H39N3O/c1-22-11-10-12-23(2)28(22)24-15-19-32(20-16-24)21-26-25-13-6-7-14-27(25)31-29(26)30(34)33-17-8-4-3-5-9-18-33/h6-7,10-14,24,31H,3-5,8-9,15-21H2,1-2H3. The van der Waals surface area contributed by atoms with Crippen LogP contribution in [0.2, 0.25) is 0 Å². The van der Waals surface area contributed by atoms with Crippen LogP contribution in [0.25, 0.3) is 10.9 Å². The molecule has 0 radical (unpaired) electrons. The molecular weight excluding hydrogens is 418 g/mol. The number of rotatable bonds is 4. The lowest BCUT2D eigenvalue weighted by molar-refractivity contribution is 0.0734. The first-order chi connectivity index (χ1) is 16.6. The Bertz CT molecular complexity index is 1110. The van der Waals surface area contributed by atoms with Gasteiger partial charge in [-0.25, -0.2) is 0 Å². The van der Waals surface area contributed by atoms with Crippen molar-refractivity contribution in [3.05, 3.63) is 70.4 Å². The maximum atomic E-state index is 13.7. The van der Waals surface area contributed by atoms with E-state index in [1.807, 2.05) is 0 Å². The molecule has 0 atom stereocenters. The number of nitrogens with one attached hydrogen (secondary N) is 1. The van der Waals surface area contributed by atoms with Crippen LogP contribution >= 0.6 is 0 Å². The van der Waals surface area contributed by atoms with E-state index in [-0.39, 0.29) is 5.91 Å². The highest BCUT2D eigenvalue weighted by Gasteiger charge is 2.27. The zero-order valence-electron chi connectivity index (χ0n) is 20.9. The number of amides is 1. The van der Waals surface area contributed by atoms with Crippen LogP contribution in [0, 0.1) is 13.8 Å². The van der Waals surface area contributed by atoms with E-state index < -0.39 is 0 Å². The summed E-state index contributed by atoms with van der Waals surface area (Å²) in [5, 5.41) is 1.20. The topological polar surface area (TPSA) is 39.3 Å². The third kappa shape index (κ3) is 4.79. The molecule has 2 saturated heterocycles. The van der Waals surface area contributed by atoms with Crippen molar-refractivity contribution in [3.8, 4) is 0 Å². The van der Waals surface area contributed by atoms with Crippen LogP contribution in [0.1, 0.15) is 83.6 Å². The number of H-pyrrole nitrogens is 1. The zero-order valence-corrected chi connectivity index (χ0v) is 20.9. The number of carbonyl (C=O) groups excluding carboxylic acids is 1. The summed E-state index contributed by atoms with van der Waals surface area (Å²) in [6.45, 7) is 9.28. The predicted octanol–water partition coefficient (Wildman–Crippen LogP) is 6.57. The Labute approximate surface area is 204 Å². The van der Waals surface area contributed by atoms with Crippen molar-refractivity contribution in [2.24, 2.45) is 0 Å². The molecule has 4 heteroatoms. The van der Waals surface area contributed by atoms with Crippen molar-refractivity contribution in [2.75, 3.05) is 26.2 Å². The molecule has 34 heavy (non-hydrogen) atoms. The quantitative estimate of drug-likeness (QED) is 0.481. The molecule has 0 aliphatic carbocycles. The van der Waals surface area contributed by atoms with Crippen molar-refractivity contribution in [2.45, 2.75) is 71.3 Å². The lowest BCUT2D eigenvalue weighted by atomic mass is 9.84. The number of aryl methyl sites for hydroxylation is 2. The van der Waals surface area contributed by atoms with Gasteiger partial charge < -0.3 is 9.88 Å². The first kappa shape index (κ1) is 23.2. The summed E-state index contributed by atoms with van der Waals surface area (Å²) in [6.07, 6.45) is 8.38. The number of para-hydroxylation sites is 1. The Morgan fingerprint density at radius 2 is 1.50 bits per heavy atom. The Balaban J connectivity index is 1.35. The monoisotopic (exact) mass is 457 g/mol. The lowest BCUT2D eigenvalue weighted by Crippen LogP contribution is -2.36. The van der Waals surface area contributed by atoms with Crippen molar-refractivity contribution >= 4 is 16.8 Å². The van der Waals surface area contributed by atoms with Gasteiger partial charge in [0.05, 0.1) is 0 Å². The molecule has 2 aliphatic rings. The average Bonchev–Trinajstić information content (AvgIpc) is 3.18. The van der Waals surface area contributed by atoms with Crippen LogP contribution in [0.4, 0.5) is 0 Å². The minimum absolute atomic E-state index is 0.193. The summed E-state index contributed by atoms with van der Waals surface area (Å²) >= 11 is 0. The van der Waals surface area contributed by atoms with Gasteiger partial charge in [-0.3, -0.25) is 9.69 Å². The minimum atomic E-state index is 0.193. The molecule has 2 aromatic carbocycles. The number of piperidine rings is 1. The number of benzene rings is 2. The molecule has 3 aromatic rings. The fraction of sp³-hybridized carbons (Fsp3) is 0.500. The third-order valence-electron chi connectivity index (χ3n) is 8.09. The van der Waals surface area contributed by atoms with Gasteiger partial charge in [-0.2, -0.15) is 0 Å². The van der Waals surface area contributed by atoms with Gasteiger partial charge in [0.15, 0.2) is 0 Å². The lowest BCUT2D eigenvalue weighted by Gasteiger charge is -2.34. The summed E-state index contributed by atoms with van der Waals surface area (Å²) in [6, 6.07) is 15.1. The first-order valence-electron chi connectivity index (χ1n) is 13.3. The molecular formula is C30H39N3O. The van der Waals surface area contributed by atoms with Gasteiger partial charge in [-0.15, -0.1) is 0 Å². The molecule has 3 heterocycles. The number of hydrogen-bond acceptors (Lipinski definition) is 2. The first-order valence-corrected chi connectivity index (χ1v) is 13.3. The second-order valence-corrected chi connectivity index (χ2v) is 10.4. The molecule has 1 amide bonds. The highest BCUT2D eigenvalue weighted by atomic mass is 16.2. The van der Waals surface area contributed by atoms with Crippen LogP contribution in [-0.4, -0.2) is 46.9 Å². The second kappa shape index (κ2) is 10.4. The van der Waals surface area contributed by atoms with Crippen molar-refractivity contribution < 1.29 is 4.79 Å². The number of hydrogen-bond donors (Lipinski definition) is 1. The van der Waals surface area contributed by atoms with Gasteiger partial charge in [-0.1, -0.05) is 55.7 Å². The summed E-state index contributed by atoms with van der Waals surface area (Å²) < 4.78 is 0. The van der Waals surface area contributed by atoms with E-state index in [2.05, 4.69) is 71.1 Å². The summed E-state index contributed by atoms with van der Waals surface area (Å²) in [7, 11) is 0. The number of likely N-dealkylation sites (tertiary alicyclic amines) is 2. The summed E-state index contributed by atoms with van der Waals surface area (Å²) in [4.78, 5) is 21.9. The molecule has 0 unspecified atom stereocenters. The van der Waals surface area contributed by atoms with Gasteiger partial charge in [0.25, 0.3) is 5.91 Å². The Morgan fingerprint density at radius 1 is 0.853 bits per heavy atom. The number of aromatic nitrogens is 1. The largest absolute Gasteiger partial charge is 0.350 e. The van der Waals surface area contributed by atoms with E-state index in [1.165, 1.54) is 54.2 Å². The SMILES string of the molecule is Cc1cccc(C)c1C1CCN(Cc2c(C(=O)N3CCCCCCC3)[nH]c3ccccc23)CC1. The fourth-order valence-electron chi connectivity index (χ4n) is 6.23. The zero-order chi connectivity index (χ0) is 23.5. The van der Waals surface area contributed by atoms with Crippen molar-refractivity contribution in [1.29, 1.82) is 0 Å². The number of aromatic amines is 1. The van der Waals surface area contributed by atoms with Crippen LogP contribution in [-0.2, 0) is 6.54 Å². The van der Waals surface area contributed by atoms with Crippen LogP contribution in [0.3, 0.4) is 0 Å². The number of carbonyl (C=O) groups is 1. The molecule has 0 bridgehead atoms. The molecule has 4 nitrogen and oxygen atoms in total. The normalized spacial score (nSPS) is 18.7. The Hall–Kier alpha value is -2.59. The highest BCUT2D eigenvalue weighted by molar-refractivity contribution is 6.01. The maximum Gasteiger partial charge on any atom is 0.270 e. The van der Waals surface area contributed by atoms with Gasteiger partial charge in [0, 0.05) is 36.1 Å². The minimum Gasteiger partial charge on any atom is -0.350 e.